The number of anilines is 1. The first-order valence-corrected chi connectivity index (χ1v) is 7.14. The highest BCUT2D eigenvalue weighted by Crippen LogP contribution is 2.25. The molecular weight excluding hydrogens is 208 g/mol. The molecule has 3 rings (SSSR count). The molecule has 0 saturated heterocycles. The highest BCUT2D eigenvalue weighted by molar-refractivity contribution is 5.40. The zero-order valence-electron chi connectivity index (χ0n) is 10.5. The van der Waals surface area contributed by atoms with Gasteiger partial charge in [-0.25, -0.2) is 4.98 Å². The quantitative estimate of drug-likeness (QED) is 0.858. The average Bonchev–Trinajstić information content (AvgIpc) is 2.85. The third-order valence-electron chi connectivity index (χ3n) is 4.22. The molecule has 1 aromatic rings. The Morgan fingerprint density at radius 1 is 1.06 bits per heavy atom. The number of rotatable bonds is 3. The SMILES string of the molecule is c1cc2c(nc1NCC1CCCCC1)CCC2. The molecule has 1 aromatic heterocycles. The van der Waals surface area contributed by atoms with E-state index in [9.17, 15) is 0 Å². The fraction of sp³-hybridized carbons (Fsp3) is 0.667. The molecule has 17 heavy (non-hydrogen) atoms. The lowest BCUT2D eigenvalue weighted by Gasteiger charge is -2.22. The Morgan fingerprint density at radius 2 is 1.94 bits per heavy atom. The van der Waals surface area contributed by atoms with Crippen LogP contribution in [0.3, 0.4) is 0 Å². The summed E-state index contributed by atoms with van der Waals surface area (Å²) >= 11 is 0. The molecule has 2 aliphatic rings. The number of pyridine rings is 1. The standard InChI is InChI=1S/C15H22N2/c1-2-5-12(6-3-1)11-16-15-10-9-13-7-4-8-14(13)17-15/h9-10,12H,1-8,11H2,(H,16,17). The van der Waals surface area contributed by atoms with Gasteiger partial charge in [-0.1, -0.05) is 25.3 Å². The summed E-state index contributed by atoms with van der Waals surface area (Å²) < 4.78 is 0. The smallest absolute Gasteiger partial charge is 0.126 e. The molecule has 0 aliphatic heterocycles. The van der Waals surface area contributed by atoms with Gasteiger partial charge in [0.25, 0.3) is 0 Å². The van der Waals surface area contributed by atoms with E-state index in [1.54, 1.807) is 0 Å². The Hall–Kier alpha value is -1.05. The van der Waals surface area contributed by atoms with Crippen molar-refractivity contribution in [2.75, 3.05) is 11.9 Å². The number of fused-ring (bicyclic) bond motifs is 1. The van der Waals surface area contributed by atoms with E-state index >= 15 is 0 Å². The predicted molar refractivity (Wildman–Crippen MR) is 71.3 cm³/mol. The first-order chi connectivity index (χ1) is 8.42. The Bertz CT molecular complexity index is 381. The summed E-state index contributed by atoms with van der Waals surface area (Å²) in [6.07, 6.45) is 10.8. The fourth-order valence-corrected chi connectivity index (χ4v) is 3.16. The molecule has 1 fully saturated rings. The van der Waals surface area contributed by atoms with Gasteiger partial charge >= 0.3 is 0 Å². The number of nitrogens with one attached hydrogen (secondary N) is 1. The third-order valence-corrected chi connectivity index (χ3v) is 4.22. The van der Waals surface area contributed by atoms with Gasteiger partial charge < -0.3 is 5.32 Å². The third kappa shape index (κ3) is 2.62. The molecule has 0 radical (unpaired) electrons. The van der Waals surface area contributed by atoms with Crippen LogP contribution in [0.5, 0.6) is 0 Å². The highest BCUT2D eigenvalue weighted by atomic mass is 15.0. The van der Waals surface area contributed by atoms with Crippen molar-refractivity contribution in [2.45, 2.75) is 51.4 Å². The van der Waals surface area contributed by atoms with Gasteiger partial charge in [0.2, 0.25) is 0 Å². The van der Waals surface area contributed by atoms with Crippen LogP contribution in [0.2, 0.25) is 0 Å². The lowest BCUT2D eigenvalue weighted by atomic mass is 9.89. The molecule has 0 aromatic carbocycles. The second kappa shape index (κ2) is 5.07. The van der Waals surface area contributed by atoms with E-state index < -0.39 is 0 Å². The number of aryl methyl sites for hydroxylation is 2. The average molecular weight is 230 g/mol. The van der Waals surface area contributed by atoms with E-state index in [2.05, 4.69) is 17.4 Å². The summed E-state index contributed by atoms with van der Waals surface area (Å²) in [4.78, 5) is 4.73. The van der Waals surface area contributed by atoms with E-state index in [4.69, 9.17) is 4.98 Å². The van der Waals surface area contributed by atoms with Crippen LogP contribution in [0.25, 0.3) is 0 Å². The molecule has 0 bridgehead atoms. The number of nitrogens with zero attached hydrogens (tertiary/aromatic N) is 1. The van der Waals surface area contributed by atoms with Gasteiger partial charge in [-0.15, -0.1) is 0 Å². The van der Waals surface area contributed by atoms with E-state index in [0.29, 0.717) is 0 Å². The molecule has 2 heteroatoms. The molecule has 0 amide bonds. The zero-order chi connectivity index (χ0) is 11.5. The van der Waals surface area contributed by atoms with Crippen molar-refractivity contribution >= 4 is 5.82 Å². The van der Waals surface area contributed by atoms with Crippen LogP contribution in [-0.2, 0) is 12.8 Å². The second-order valence-corrected chi connectivity index (χ2v) is 5.54. The maximum atomic E-state index is 4.73. The van der Waals surface area contributed by atoms with Gasteiger partial charge in [0.05, 0.1) is 0 Å². The van der Waals surface area contributed by atoms with Gasteiger partial charge in [-0.2, -0.15) is 0 Å². The van der Waals surface area contributed by atoms with Crippen LogP contribution in [0.1, 0.15) is 49.8 Å². The van der Waals surface area contributed by atoms with Crippen molar-refractivity contribution in [3.05, 3.63) is 23.4 Å². The summed E-state index contributed by atoms with van der Waals surface area (Å²) in [5, 5.41) is 3.53. The Balaban J connectivity index is 1.57. The maximum Gasteiger partial charge on any atom is 0.126 e. The minimum atomic E-state index is 0.874. The monoisotopic (exact) mass is 230 g/mol. The first kappa shape index (κ1) is 11.1. The van der Waals surface area contributed by atoms with Gasteiger partial charge in [-0.05, 0) is 49.7 Å². The highest BCUT2D eigenvalue weighted by Gasteiger charge is 2.15. The van der Waals surface area contributed by atoms with E-state index in [-0.39, 0.29) is 0 Å². The topological polar surface area (TPSA) is 24.9 Å². The van der Waals surface area contributed by atoms with Crippen LogP contribution in [0.15, 0.2) is 12.1 Å². The second-order valence-electron chi connectivity index (χ2n) is 5.54. The van der Waals surface area contributed by atoms with Crippen molar-refractivity contribution in [2.24, 2.45) is 5.92 Å². The van der Waals surface area contributed by atoms with Crippen LogP contribution >= 0.6 is 0 Å². The summed E-state index contributed by atoms with van der Waals surface area (Å²) in [5.74, 6) is 1.97. The molecule has 2 aliphatic carbocycles. The Morgan fingerprint density at radius 3 is 2.82 bits per heavy atom. The van der Waals surface area contributed by atoms with E-state index in [0.717, 1.165) is 18.3 Å². The normalized spacial score (nSPS) is 20.2. The lowest BCUT2D eigenvalue weighted by molar-refractivity contribution is 0.373. The van der Waals surface area contributed by atoms with Gasteiger partial charge in [-0.3, -0.25) is 0 Å². The molecule has 0 unspecified atom stereocenters. The van der Waals surface area contributed by atoms with Crippen molar-refractivity contribution in [1.29, 1.82) is 0 Å². The molecule has 0 atom stereocenters. The van der Waals surface area contributed by atoms with Crippen molar-refractivity contribution in [3.63, 3.8) is 0 Å². The number of hydrogen-bond acceptors (Lipinski definition) is 2. The van der Waals surface area contributed by atoms with E-state index in [1.165, 1.54) is 62.6 Å². The van der Waals surface area contributed by atoms with Crippen LogP contribution in [0, 0.1) is 5.92 Å². The van der Waals surface area contributed by atoms with Crippen molar-refractivity contribution < 1.29 is 0 Å². The minimum Gasteiger partial charge on any atom is -0.370 e. The fourth-order valence-electron chi connectivity index (χ4n) is 3.16. The molecule has 2 nitrogen and oxygen atoms in total. The molecule has 1 heterocycles. The minimum absolute atomic E-state index is 0.874. The summed E-state index contributed by atoms with van der Waals surface area (Å²) in [7, 11) is 0. The molecule has 92 valence electrons. The zero-order valence-corrected chi connectivity index (χ0v) is 10.5. The summed E-state index contributed by atoms with van der Waals surface area (Å²) in [5.41, 5.74) is 2.80. The number of aromatic nitrogens is 1. The van der Waals surface area contributed by atoms with Crippen LogP contribution in [-0.4, -0.2) is 11.5 Å². The van der Waals surface area contributed by atoms with Crippen LogP contribution in [0.4, 0.5) is 5.82 Å². The first-order valence-electron chi connectivity index (χ1n) is 7.14. The largest absolute Gasteiger partial charge is 0.370 e. The summed E-state index contributed by atoms with van der Waals surface area (Å²) in [6, 6.07) is 4.42. The lowest BCUT2D eigenvalue weighted by Crippen LogP contribution is -2.17. The van der Waals surface area contributed by atoms with Gasteiger partial charge in [0, 0.05) is 12.2 Å². The van der Waals surface area contributed by atoms with Crippen molar-refractivity contribution in [1.82, 2.24) is 4.98 Å². The molecule has 1 N–H and O–H groups in total. The summed E-state index contributed by atoms with van der Waals surface area (Å²) in [6.45, 7) is 1.12. The number of hydrogen-bond donors (Lipinski definition) is 1. The predicted octanol–water partition coefficient (Wildman–Crippen LogP) is 3.56. The molecular formula is C15H22N2. The van der Waals surface area contributed by atoms with Crippen molar-refractivity contribution in [3.8, 4) is 0 Å². The van der Waals surface area contributed by atoms with Gasteiger partial charge in [0.15, 0.2) is 0 Å². The van der Waals surface area contributed by atoms with Gasteiger partial charge in [0.1, 0.15) is 5.82 Å². The molecule has 0 spiro atoms. The Labute approximate surface area is 104 Å². The Kier molecular flexibility index (Phi) is 3.30. The molecule has 1 saturated carbocycles. The van der Waals surface area contributed by atoms with Crippen LogP contribution < -0.4 is 5.32 Å². The maximum absolute atomic E-state index is 4.73. The van der Waals surface area contributed by atoms with E-state index in [1.807, 2.05) is 0 Å².